The minimum atomic E-state index is -0.182. The molecule has 1 unspecified atom stereocenters. The maximum Gasteiger partial charge on any atom is 0.315 e. The third kappa shape index (κ3) is 4.02. The number of hydrogen-bond acceptors (Lipinski definition) is 2. The molecule has 2 aromatic rings. The first kappa shape index (κ1) is 13.9. The van der Waals surface area contributed by atoms with E-state index in [9.17, 15) is 4.79 Å². The molecule has 20 heavy (non-hydrogen) atoms. The van der Waals surface area contributed by atoms with E-state index in [2.05, 4.69) is 10.6 Å². The summed E-state index contributed by atoms with van der Waals surface area (Å²) in [5.41, 5.74) is 8.45. The van der Waals surface area contributed by atoms with Crippen molar-refractivity contribution in [3.05, 3.63) is 65.7 Å². The Hall–Kier alpha value is -2.49. The molecule has 4 nitrogen and oxygen atoms in total. The summed E-state index contributed by atoms with van der Waals surface area (Å²) >= 11 is 0. The lowest BCUT2D eigenvalue weighted by Gasteiger charge is -2.15. The minimum Gasteiger partial charge on any atom is -0.399 e. The van der Waals surface area contributed by atoms with Crippen molar-refractivity contribution in [2.45, 2.75) is 19.5 Å². The van der Waals surface area contributed by atoms with Gasteiger partial charge < -0.3 is 16.4 Å². The summed E-state index contributed by atoms with van der Waals surface area (Å²) in [6.07, 6.45) is 0. The maximum absolute atomic E-state index is 11.8. The van der Waals surface area contributed by atoms with Gasteiger partial charge in [-0.05, 0) is 30.2 Å². The predicted octanol–water partition coefficient (Wildman–Crippen LogP) is 2.83. The number of hydrogen-bond donors (Lipinski definition) is 3. The van der Waals surface area contributed by atoms with Crippen molar-refractivity contribution in [2.24, 2.45) is 0 Å². The molecule has 0 saturated carbocycles. The van der Waals surface area contributed by atoms with Gasteiger partial charge in [-0.15, -0.1) is 0 Å². The van der Waals surface area contributed by atoms with Gasteiger partial charge in [0.15, 0.2) is 0 Å². The molecule has 2 rings (SSSR count). The fourth-order valence-electron chi connectivity index (χ4n) is 1.89. The molecule has 0 fully saturated rings. The highest BCUT2D eigenvalue weighted by atomic mass is 16.2. The highest BCUT2D eigenvalue weighted by Crippen LogP contribution is 2.13. The van der Waals surface area contributed by atoms with Crippen LogP contribution in [0.3, 0.4) is 0 Å². The fraction of sp³-hybridized carbons (Fsp3) is 0.188. The number of anilines is 1. The van der Waals surface area contributed by atoms with Gasteiger partial charge in [-0.3, -0.25) is 0 Å². The molecule has 0 bridgehead atoms. The molecule has 0 aliphatic heterocycles. The number of nitrogen functional groups attached to an aromatic ring is 1. The molecule has 0 spiro atoms. The van der Waals surface area contributed by atoms with E-state index in [1.165, 1.54) is 0 Å². The standard InChI is InChI=1S/C16H19N3O/c1-12(14-7-9-15(17)10-8-14)19-16(20)18-11-13-5-3-2-4-6-13/h2-10,12H,11,17H2,1H3,(H2,18,19,20). The van der Waals surface area contributed by atoms with E-state index in [1.807, 2.05) is 61.5 Å². The Morgan fingerprint density at radius 1 is 1.10 bits per heavy atom. The summed E-state index contributed by atoms with van der Waals surface area (Å²) < 4.78 is 0. The van der Waals surface area contributed by atoms with Crippen molar-refractivity contribution < 1.29 is 4.79 Å². The first-order valence-corrected chi connectivity index (χ1v) is 6.59. The second-order valence-corrected chi connectivity index (χ2v) is 4.70. The van der Waals surface area contributed by atoms with Gasteiger partial charge in [-0.1, -0.05) is 42.5 Å². The highest BCUT2D eigenvalue weighted by Gasteiger charge is 2.08. The van der Waals surface area contributed by atoms with Gasteiger partial charge in [0.25, 0.3) is 0 Å². The van der Waals surface area contributed by atoms with Crippen LogP contribution in [0.4, 0.5) is 10.5 Å². The SMILES string of the molecule is CC(NC(=O)NCc1ccccc1)c1ccc(N)cc1. The lowest BCUT2D eigenvalue weighted by molar-refractivity contribution is 0.237. The lowest BCUT2D eigenvalue weighted by atomic mass is 10.1. The van der Waals surface area contributed by atoms with E-state index < -0.39 is 0 Å². The number of rotatable bonds is 4. The van der Waals surface area contributed by atoms with E-state index in [4.69, 9.17) is 5.73 Å². The molecule has 0 heterocycles. The van der Waals surface area contributed by atoms with Crippen LogP contribution in [0.2, 0.25) is 0 Å². The number of carbonyl (C=O) groups is 1. The summed E-state index contributed by atoms with van der Waals surface area (Å²) in [4.78, 5) is 11.8. The lowest BCUT2D eigenvalue weighted by Crippen LogP contribution is -2.36. The van der Waals surface area contributed by atoms with Gasteiger partial charge in [0, 0.05) is 12.2 Å². The van der Waals surface area contributed by atoms with E-state index in [-0.39, 0.29) is 12.1 Å². The third-order valence-electron chi connectivity index (χ3n) is 3.08. The largest absolute Gasteiger partial charge is 0.399 e. The van der Waals surface area contributed by atoms with Crippen molar-refractivity contribution in [2.75, 3.05) is 5.73 Å². The van der Waals surface area contributed by atoms with Crippen LogP contribution in [0.1, 0.15) is 24.1 Å². The number of carbonyl (C=O) groups excluding carboxylic acids is 1. The normalized spacial score (nSPS) is 11.7. The summed E-state index contributed by atoms with van der Waals surface area (Å²) in [7, 11) is 0. The number of nitrogens with two attached hydrogens (primary N) is 1. The van der Waals surface area contributed by atoms with Crippen molar-refractivity contribution in [3.8, 4) is 0 Å². The summed E-state index contributed by atoms with van der Waals surface area (Å²) in [6.45, 7) is 2.45. The average Bonchev–Trinajstić information content (AvgIpc) is 2.47. The van der Waals surface area contributed by atoms with Crippen molar-refractivity contribution in [1.82, 2.24) is 10.6 Å². The Kier molecular flexibility index (Phi) is 4.60. The van der Waals surface area contributed by atoms with Crippen LogP contribution >= 0.6 is 0 Å². The van der Waals surface area contributed by atoms with E-state index in [0.29, 0.717) is 6.54 Å². The Morgan fingerprint density at radius 2 is 1.75 bits per heavy atom. The zero-order valence-corrected chi connectivity index (χ0v) is 11.5. The smallest absolute Gasteiger partial charge is 0.315 e. The number of urea groups is 1. The van der Waals surface area contributed by atoms with Crippen molar-refractivity contribution in [1.29, 1.82) is 0 Å². The first-order chi connectivity index (χ1) is 9.65. The molecular weight excluding hydrogens is 250 g/mol. The zero-order valence-electron chi connectivity index (χ0n) is 11.5. The summed E-state index contributed by atoms with van der Waals surface area (Å²) in [6, 6.07) is 17.0. The molecule has 104 valence electrons. The number of nitrogens with one attached hydrogen (secondary N) is 2. The van der Waals surface area contributed by atoms with Crippen LogP contribution in [-0.2, 0) is 6.54 Å². The summed E-state index contributed by atoms with van der Waals surface area (Å²) in [5.74, 6) is 0. The second-order valence-electron chi connectivity index (χ2n) is 4.70. The van der Waals surface area contributed by atoms with Crippen LogP contribution < -0.4 is 16.4 Å². The maximum atomic E-state index is 11.8. The molecule has 0 aliphatic rings. The molecule has 2 aromatic carbocycles. The second kappa shape index (κ2) is 6.61. The highest BCUT2D eigenvalue weighted by molar-refractivity contribution is 5.74. The van der Waals surface area contributed by atoms with Crippen molar-refractivity contribution >= 4 is 11.7 Å². The molecule has 0 aliphatic carbocycles. The van der Waals surface area contributed by atoms with E-state index in [1.54, 1.807) is 0 Å². The molecular formula is C16H19N3O. The van der Waals surface area contributed by atoms with Gasteiger partial charge in [0.05, 0.1) is 6.04 Å². The van der Waals surface area contributed by atoms with Gasteiger partial charge in [-0.25, -0.2) is 4.79 Å². The number of amides is 2. The van der Waals surface area contributed by atoms with Gasteiger partial charge in [-0.2, -0.15) is 0 Å². The Bertz CT molecular complexity index is 552. The van der Waals surface area contributed by atoms with Crippen LogP contribution in [0.15, 0.2) is 54.6 Å². The first-order valence-electron chi connectivity index (χ1n) is 6.59. The molecule has 4 N–H and O–H groups in total. The van der Waals surface area contributed by atoms with Gasteiger partial charge >= 0.3 is 6.03 Å². The Balaban J connectivity index is 1.83. The molecule has 0 saturated heterocycles. The van der Waals surface area contributed by atoms with Gasteiger partial charge in [0.2, 0.25) is 0 Å². The Labute approximate surface area is 119 Å². The Morgan fingerprint density at radius 3 is 2.40 bits per heavy atom. The van der Waals surface area contributed by atoms with Crippen LogP contribution in [0.5, 0.6) is 0 Å². The third-order valence-corrected chi connectivity index (χ3v) is 3.08. The van der Waals surface area contributed by atoms with Crippen molar-refractivity contribution in [3.63, 3.8) is 0 Å². The van der Waals surface area contributed by atoms with Crippen LogP contribution in [0, 0.1) is 0 Å². The predicted molar refractivity (Wildman–Crippen MR) is 81.1 cm³/mol. The monoisotopic (exact) mass is 269 g/mol. The number of benzene rings is 2. The van der Waals surface area contributed by atoms with E-state index in [0.717, 1.165) is 16.8 Å². The van der Waals surface area contributed by atoms with Gasteiger partial charge in [0.1, 0.15) is 0 Å². The molecule has 1 atom stereocenters. The van der Waals surface area contributed by atoms with Crippen LogP contribution in [0.25, 0.3) is 0 Å². The quantitative estimate of drug-likeness (QED) is 0.747. The zero-order chi connectivity index (χ0) is 14.4. The van der Waals surface area contributed by atoms with Crippen LogP contribution in [-0.4, -0.2) is 6.03 Å². The van der Waals surface area contributed by atoms with E-state index >= 15 is 0 Å². The average molecular weight is 269 g/mol. The molecule has 4 heteroatoms. The topological polar surface area (TPSA) is 67.2 Å². The molecule has 0 radical (unpaired) electrons. The minimum absolute atomic E-state index is 0.0635. The summed E-state index contributed by atoms with van der Waals surface area (Å²) in [5, 5.41) is 5.73. The molecule has 0 aromatic heterocycles. The fourth-order valence-corrected chi connectivity index (χ4v) is 1.89. The molecule has 2 amide bonds.